The number of halogens is 3. The molecule has 0 aromatic carbocycles. The van der Waals surface area contributed by atoms with Gasteiger partial charge in [-0.05, 0) is 27.2 Å². The van der Waals surface area contributed by atoms with Crippen molar-refractivity contribution in [1.82, 2.24) is 20.5 Å². The SMILES string of the molecule is CCNC(=NCc1nc(C)c(C)s1)NC1CCN(CC(F)(F)F)C1. The summed E-state index contributed by atoms with van der Waals surface area (Å²) in [6.07, 6.45) is -3.47. The molecule has 0 bridgehead atoms. The van der Waals surface area contributed by atoms with Crippen molar-refractivity contribution >= 4 is 17.3 Å². The van der Waals surface area contributed by atoms with Crippen molar-refractivity contribution in [1.29, 1.82) is 0 Å². The zero-order chi connectivity index (χ0) is 17.7. The Hall–Kier alpha value is -1.35. The molecule has 1 saturated heterocycles. The van der Waals surface area contributed by atoms with Crippen molar-refractivity contribution in [3.8, 4) is 0 Å². The van der Waals surface area contributed by atoms with Crippen LogP contribution in [0.1, 0.15) is 28.9 Å². The standard InChI is InChI=1S/C15H24F3N5S/c1-4-19-14(20-7-13-21-10(2)11(3)24-13)22-12-5-6-23(8-12)9-15(16,17)18/h12H,4-9H2,1-3H3,(H2,19,20,22). The van der Waals surface area contributed by atoms with Gasteiger partial charge in [0.15, 0.2) is 5.96 Å². The van der Waals surface area contributed by atoms with Crippen LogP contribution in [0.25, 0.3) is 0 Å². The third-order valence-corrected chi connectivity index (χ3v) is 4.86. The summed E-state index contributed by atoms with van der Waals surface area (Å²) >= 11 is 1.62. The molecule has 136 valence electrons. The van der Waals surface area contributed by atoms with E-state index in [1.807, 2.05) is 20.8 Å². The molecule has 1 aliphatic heterocycles. The first-order chi connectivity index (χ1) is 11.3. The maximum Gasteiger partial charge on any atom is 0.401 e. The number of thiazole rings is 1. The zero-order valence-electron chi connectivity index (χ0n) is 14.2. The van der Waals surface area contributed by atoms with E-state index in [1.54, 1.807) is 11.3 Å². The molecule has 1 unspecified atom stereocenters. The highest BCUT2D eigenvalue weighted by Gasteiger charge is 2.34. The summed E-state index contributed by atoms with van der Waals surface area (Å²) in [4.78, 5) is 11.6. The maximum absolute atomic E-state index is 12.5. The summed E-state index contributed by atoms with van der Waals surface area (Å²) < 4.78 is 37.4. The number of rotatable bonds is 5. The van der Waals surface area contributed by atoms with Gasteiger partial charge in [0.1, 0.15) is 5.01 Å². The second kappa shape index (κ2) is 8.15. The molecule has 0 spiro atoms. The monoisotopic (exact) mass is 363 g/mol. The van der Waals surface area contributed by atoms with E-state index in [9.17, 15) is 13.2 Å². The number of guanidine groups is 1. The summed E-state index contributed by atoms with van der Waals surface area (Å²) in [6.45, 7) is 7.08. The molecule has 1 aliphatic rings. The first-order valence-corrected chi connectivity index (χ1v) is 8.85. The van der Waals surface area contributed by atoms with Crippen molar-refractivity contribution in [3.63, 3.8) is 0 Å². The molecule has 2 N–H and O–H groups in total. The number of aliphatic imine (C=N–C) groups is 1. The topological polar surface area (TPSA) is 52.6 Å². The van der Waals surface area contributed by atoms with E-state index in [-0.39, 0.29) is 6.04 Å². The lowest BCUT2D eigenvalue weighted by atomic mass is 10.3. The smallest absolute Gasteiger partial charge is 0.357 e. The predicted octanol–water partition coefficient (Wildman–Crippen LogP) is 2.45. The van der Waals surface area contributed by atoms with Gasteiger partial charge in [0.05, 0.1) is 18.8 Å². The average Bonchev–Trinajstić information content (AvgIpc) is 3.02. The quantitative estimate of drug-likeness (QED) is 0.623. The van der Waals surface area contributed by atoms with Crippen molar-refractivity contribution < 1.29 is 13.2 Å². The molecule has 0 radical (unpaired) electrons. The molecule has 0 amide bonds. The lowest BCUT2D eigenvalue weighted by Crippen LogP contribution is -2.45. The molecule has 9 heteroatoms. The van der Waals surface area contributed by atoms with Crippen LogP contribution in [-0.2, 0) is 6.54 Å². The Bertz CT molecular complexity index is 550. The Morgan fingerprint density at radius 1 is 1.42 bits per heavy atom. The van der Waals surface area contributed by atoms with Crippen LogP contribution >= 0.6 is 11.3 Å². The van der Waals surface area contributed by atoms with Crippen LogP contribution in [0.3, 0.4) is 0 Å². The summed E-state index contributed by atoms with van der Waals surface area (Å²) in [7, 11) is 0. The first kappa shape index (κ1) is 19.0. The number of likely N-dealkylation sites (tertiary alicyclic amines) is 1. The fraction of sp³-hybridized carbons (Fsp3) is 0.733. The molecule has 2 heterocycles. The maximum atomic E-state index is 12.5. The number of nitrogens with one attached hydrogen (secondary N) is 2. The van der Waals surface area contributed by atoms with Crippen molar-refractivity contribution in [2.24, 2.45) is 4.99 Å². The van der Waals surface area contributed by atoms with Gasteiger partial charge in [-0.25, -0.2) is 9.98 Å². The summed E-state index contributed by atoms with van der Waals surface area (Å²) in [6, 6.07) is -0.0232. The highest BCUT2D eigenvalue weighted by Crippen LogP contribution is 2.20. The van der Waals surface area contributed by atoms with E-state index in [1.165, 1.54) is 9.78 Å². The van der Waals surface area contributed by atoms with Crippen LogP contribution in [0.5, 0.6) is 0 Å². The van der Waals surface area contributed by atoms with Crippen molar-refractivity contribution in [3.05, 3.63) is 15.6 Å². The number of hydrogen-bond acceptors (Lipinski definition) is 4. The number of alkyl halides is 3. The molecule has 1 fully saturated rings. The highest BCUT2D eigenvalue weighted by molar-refractivity contribution is 7.11. The minimum atomic E-state index is -4.14. The number of hydrogen-bond donors (Lipinski definition) is 2. The fourth-order valence-electron chi connectivity index (χ4n) is 2.61. The van der Waals surface area contributed by atoms with Crippen LogP contribution in [-0.4, -0.2) is 54.2 Å². The van der Waals surface area contributed by atoms with E-state index in [2.05, 4.69) is 20.6 Å². The Labute approximate surface area is 144 Å². The molecule has 24 heavy (non-hydrogen) atoms. The zero-order valence-corrected chi connectivity index (χ0v) is 15.0. The van der Waals surface area contributed by atoms with E-state index >= 15 is 0 Å². The Kier molecular flexibility index (Phi) is 6.45. The van der Waals surface area contributed by atoms with Gasteiger partial charge < -0.3 is 10.6 Å². The Balaban J connectivity index is 1.90. The van der Waals surface area contributed by atoms with Gasteiger partial charge in [-0.3, -0.25) is 4.90 Å². The molecule has 5 nitrogen and oxygen atoms in total. The summed E-state index contributed by atoms with van der Waals surface area (Å²) in [5, 5.41) is 7.31. The van der Waals surface area contributed by atoms with E-state index in [0.717, 1.165) is 10.7 Å². The second-order valence-corrected chi connectivity index (χ2v) is 7.21. The third-order valence-electron chi connectivity index (χ3n) is 3.81. The lowest BCUT2D eigenvalue weighted by molar-refractivity contribution is -0.143. The van der Waals surface area contributed by atoms with Gasteiger partial charge in [-0.2, -0.15) is 13.2 Å². The summed E-state index contributed by atoms with van der Waals surface area (Å²) in [5.41, 5.74) is 1.02. The van der Waals surface area contributed by atoms with Crippen LogP contribution in [0.2, 0.25) is 0 Å². The number of aromatic nitrogens is 1. The van der Waals surface area contributed by atoms with Crippen LogP contribution < -0.4 is 10.6 Å². The molecule has 1 aromatic rings. The van der Waals surface area contributed by atoms with Crippen LogP contribution in [0.4, 0.5) is 13.2 Å². The van der Waals surface area contributed by atoms with Crippen LogP contribution in [0.15, 0.2) is 4.99 Å². The fourth-order valence-corrected chi connectivity index (χ4v) is 3.47. The van der Waals surface area contributed by atoms with Crippen molar-refractivity contribution in [2.75, 3.05) is 26.2 Å². The molecule has 0 aliphatic carbocycles. The predicted molar refractivity (Wildman–Crippen MR) is 90.4 cm³/mol. The summed E-state index contributed by atoms with van der Waals surface area (Å²) in [5.74, 6) is 0.627. The first-order valence-electron chi connectivity index (χ1n) is 8.03. The average molecular weight is 363 g/mol. The van der Waals surface area contributed by atoms with Gasteiger partial charge >= 0.3 is 6.18 Å². The molecular weight excluding hydrogens is 339 g/mol. The molecule has 1 atom stereocenters. The third kappa shape index (κ3) is 5.94. The lowest BCUT2D eigenvalue weighted by Gasteiger charge is -2.19. The normalized spacial score (nSPS) is 19.8. The Morgan fingerprint density at radius 3 is 2.75 bits per heavy atom. The van der Waals surface area contributed by atoms with Gasteiger partial charge in [-0.1, -0.05) is 0 Å². The number of aryl methyl sites for hydroxylation is 2. The van der Waals surface area contributed by atoms with Gasteiger partial charge in [0.25, 0.3) is 0 Å². The second-order valence-electron chi connectivity index (χ2n) is 5.92. The minimum absolute atomic E-state index is 0.0232. The van der Waals surface area contributed by atoms with Gasteiger partial charge in [0, 0.05) is 30.6 Å². The molecular formula is C15H24F3N5S. The molecule has 2 rings (SSSR count). The number of nitrogens with zero attached hydrogens (tertiary/aromatic N) is 3. The van der Waals surface area contributed by atoms with Gasteiger partial charge in [-0.15, -0.1) is 11.3 Å². The largest absolute Gasteiger partial charge is 0.401 e. The van der Waals surface area contributed by atoms with E-state index in [4.69, 9.17) is 0 Å². The molecule has 0 saturated carbocycles. The van der Waals surface area contributed by atoms with Gasteiger partial charge in [0.2, 0.25) is 0 Å². The Morgan fingerprint density at radius 2 is 2.17 bits per heavy atom. The van der Waals surface area contributed by atoms with Crippen LogP contribution in [0, 0.1) is 13.8 Å². The molecule has 1 aromatic heterocycles. The minimum Gasteiger partial charge on any atom is -0.357 e. The van der Waals surface area contributed by atoms with E-state index in [0.29, 0.717) is 38.6 Å². The highest BCUT2D eigenvalue weighted by atomic mass is 32.1. The van der Waals surface area contributed by atoms with Crippen molar-refractivity contribution in [2.45, 2.75) is 46.0 Å². The van der Waals surface area contributed by atoms with E-state index < -0.39 is 12.7 Å².